The predicted molar refractivity (Wildman–Crippen MR) is 68.1 cm³/mol. The summed E-state index contributed by atoms with van der Waals surface area (Å²) >= 11 is 0. The molecular formula is C14H25N. The molecule has 86 valence electrons. The summed E-state index contributed by atoms with van der Waals surface area (Å²) in [6.45, 7) is 15.3. The third-order valence-corrected chi connectivity index (χ3v) is 1.55. The largest absolute Gasteiger partial charge is 0.265 e. The Bertz CT molecular complexity index is 256. The lowest BCUT2D eigenvalue weighted by molar-refractivity contribution is 0.469. The summed E-state index contributed by atoms with van der Waals surface area (Å²) < 4.78 is 0. The van der Waals surface area contributed by atoms with E-state index in [-0.39, 0.29) is 5.41 Å². The molecule has 1 nitrogen and oxygen atoms in total. The van der Waals surface area contributed by atoms with Gasteiger partial charge in [0.15, 0.2) is 0 Å². The van der Waals surface area contributed by atoms with Crippen LogP contribution in [0.5, 0.6) is 0 Å². The van der Waals surface area contributed by atoms with E-state index >= 15 is 0 Å². The highest BCUT2D eigenvalue weighted by molar-refractivity contribution is 5.18. The van der Waals surface area contributed by atoms with E-state index in [1.54, 1.807) is 0 Å². The van der Waals surface area contributed by atoms with Crippen molar-refractivity contribution in [1.82, 2.24) is 4.98 Å². The monoisotopic (exact) mass is 207 g/mol. The minimum Gasteiger partial charge on any atom is -0.265 e. The van der Waals surface area contributed by atoms with Gasteiger partial charge in [0.25, 0.3) is 0 Å². The molecule has 0 aliphatic rings. The van der Waals surface area contributed by atoms with E-state index in [9.17, 15) is 0 Å². The van der Waals surface area contributed by atoms with Crippen LogP contribution in [0.4, 0.5) is 0 Å². The topological polar surface area (TPSA) is 12.9 Å². The summed E-state index contributed by atoms with van der Waals surface area (Å²) in [5.74, 6) is 0. The molecule has 0 aliphatic heterocycles. The van der Waals surface area contributed by atoms with Gasteiger partial charge in [-0.1, -0.05) is 48.5 Å². The molecule has 0 fully saturated rings. The van der Waals surface area contributed by atoms with Gasteiger partial charge >= 0.3 is 0 Å². The summed E-state index contributed by atoms with van der Waals surface area (Å²) in [5.41, 5.74) is 2.09. The molecular weight excluding hydrogens is 182 g/mol. The second-order valence-electron chi connectivity index (χ2n) is 6.49. The Morgan fingerprint density at radius 2 is 1.13 bits per heavy atom. The molecule has 0 aliphatic carbocycles. The molecule has 0 atom stereocenters. The summed E-state index contributed by atoms with van der Waals surface area (Å²) in [7, 11) is 0. The van der Waals surface area contributed by atoms with E-state index < -0.39 is 0 Å². The fourth-order valence-corrected chi connectivity index (χ4v) is 0.852. The van der Waals surface area contributed by atoms with Crippen molar-refractivity contribution in [2.24, 2.45) is 5.41 Å². The van der Waals surface area contributed by atoms with E-state index in [1.165, 1.54) is 5.56 Å². The average molecular weight is 207 g/mol. The van der Waals surface area contributed by atoms with Crippen molar-refractivity contribution in [3.63, 3.8) is 0 Å². The Kier molecular flexibility index (Phi) is 4.99. The van der Waals surface area contributed by atoms with Gasteiger partial charge in [-0.05, 0) is 28.5 Å². The smallest absolute Gasteiger partial charge is 0.0270 e. The molecule has 1 aromatic heterocycles. The third-order valence-electron chi connectivity index (χ3n) is 1.55. The molecule has 0 unspecified atom stereocenters. The first-order chi connectivity index (χ1) is 6.61. The SMILES string of the molecule is CC(C)(C)C.CC(C)(C)c1ccncc1. The Labute approximate surface area is 94.9 Å². The highest BCUT2D eigenvalue weighted by Gasteiger charge is 2.11. The van der Waals surface area contributed by atoms with E-state index in [1.807, 2.05) is 12.4 Å². The van der Waals surface area contributed by atoms with Crippen LogP contribution in [0.25, 0.3) is 0 Å². The van der Waals surface area contributed by atoms with Crippen LogP contribution in [0.3, 0.4) is 0 Å². The summed E-state index contributed by atoms with van der Waals surface area (Å²) in [6.07, 6.45) is 3.67. The van der Waals surface area contributed by atoms with Gasteiger partial charge in [-0.25, -0.2) is 0 Å². The van der Waals surface area contributed by atoms with Crippen LogP contribution in [0.2, 0.25) is 0 Å². The molecule has 0 amide bonds. The maximum Gasteiger partial charge on any atom is 0.0270 e. The zero-order chi connectivity index (χ0) is 12.1. The van der Waals surface area contributed by atoms with Gasteiger partial charge in [-0.15, -0.1) is 0 Å². The van der Waals surface area contributed by atoms with Crippen molar-refractivity contribution in [3.8, 4) is 0 Å². The van der Waals surface area contributed by atoms with Gasteiger partial charge in [0.2, 0.25) is 0 Å². The normalized spacial score (nSPS) is 11.7. The number of nitrogens with zero attached hydrogens (tertiary/aromatic N) is 1. The lowest BCUT2D eigenvalue weighted by atomic mass is 9.88. The Morgan fingerprint density at radius 1 is 0.800 bits per heavy atom. The first kappa shape index (κ1) is 14.2. The van der Waals surface area contributed by atoms with Gasteiger partial charge in [-0.2, -0.15) is 0 Å². The van der Waals surface area contributed by atoms with E-state index in [2.05, 4.69) is 65.6 Å². The number of hydrogen-bond acceptors (Lipinski definition) is 1. The van der Waals surface area contributed by atoms with Crippen LogP contribution in [-0.2, 0) is 5.41 Å². The third kappa shape index (κ3) is 9.45. The maximum absolute atomic E-state index is 3.96. The summed E-state index contributed by atoms with van der Waals surface area (Å²) in [4.78, 5) is 3.96. The zero-order valence-electron chi connectivity index (χ0n) is 11.3. The van der Waals surface area contributed by atoms with Crippen LogP contribution >= 0.6 is 0 Å². The van der Waals surface area contributed by atoms with E-state index in [0.717, 1.165) is 0 Å². The number of pyridine rings is 1. The van der Waals surface area contributed by atoms with Crippen molar-refractivity contribution >= 4 is 0 Å². The molecule has 0 N–H and O–H groups in total. The lowest BCUT2D eigenvalue weighted by Crippen LogP contribution is -2.10. The molecule has 1 heteroatoms. The van der Waals surface area contributed by atoms with Crippen LogP contribution < -0.4 is 0 Å². The Morgan fingerprint density at radius 3 is 1.33 bits per heavy atom. The fraction of sp³-hybridized carbons (Fsp3) is 0.643. The molecule has 15 heavy (non-hydrogen) atoms. The highest BCUT2D eigenvalue weighted by Crippen LogP contribution is 2.20. The van der Waals surface area contributed by atoms with Gasteiger partial charge in [0, 0.05) is 12.4 Å². The second kappa shape index (κ2) is 5.29. The van der Waals surface area contributed by atoms with Gasteiger partial charge in [0.1, 0.15) is 0 Å². The first-order valence-corrected chi connectivity index (χ1v) is 5.51. The predicted octanol–water partition coefficient (Wildman–Crippen LogP) is 4.43. The molecule has 1 aromatic rings. The van der Waals surface area contributed by atoms with Gasteiger partial charge in [0.05, 0.1) is 0 Å². The van der Waals surface area contributed by atoms with Crippen LogP contribution in [0, 0.1) is 5.41 Å². The molecule has 0 aromatic carbocycles. The van der Waals surface area contributed by atoms with Crippen LogP contribution in [0.1, 0.15) is 54.0 Å². The molecule has 0 bridgehead atoms. The van der Waals surface area contributed by atoms with Crippen molar-refractivity contribution < 1.29 is 0 Å². The van der Waals surface area contributed by atoms with Crippen LogP contribution in [0.15, 0.2) is 24.5 Å². The Balaban J connectivity index is 0.000000336. The number of rotatable bonds is 0. The average Bonchev–Trinajstić information content (AvgIpc) is 2.01. The standard InChI is InChI=1S/C9H13N.C5H12/c1-9(2,3)8-4-6-10-7-5-8;1-5(2,3)4/h4-7H,1-3H3;1-4H3. The van der Waals surface area contributed by atoms with Crippen molar-refractivity contribution in [2.75, 3.05) is 0 Å². The fourth-order valence-electron chi connectivity index (χ4n) is 0.852. The van der Waals surface area contributed by atoms with Crippen molar-refractivity contribution in [2.45, 2.75) is 53.9 Å². The van der Waals surface area contributed by atoms with E-state index in [4.69, 9.17) is 0 Å². The molecule has 1 rings (SSSR count). The maximum atomic E-state index is 3.96. The summed E-state index contributed by atoms with van der Waals surface area (Å²) in [5, 5.41) is 0. The van der Waals surface area contributed by atoms with E-state index in [0.29, 0.717) is 5.41 Å². The molecule has 0 radical (unpaired) electrons. The minimum atomic E-state index is 0.253. The summed E-state index contributed by atoms with van der Waals surface area (Å²) in [6, 6.07) is 4.11. The molecule has 0 spiro atoms. The number of aromatic nitrogens is 1. The lowest BCUT2D eigenvalue weighted by Gasteiger charge is -2.17. The Hall–Kier alpha value is -0.850. The van der Waals surface area contributed by atoms with Crippen molar-refractivity contribution in [1.29, 1.82) is 0 Å². The van der Waals surface area contributed by atoms with Gasteiger partial charge in [-0.3, -0.25) is 4.98 Å². The molecule has 0 saturated carbocycles. The van der Waals surface area contributed by atoms with Crippen LogP contribution in [-0.4, -0.2) is 4.98 Å². The highest BCUT2D eigenvalue weighted by atomic mass is 14.6. The second-order valence-corrected chi connectivity index (χ2v) is 6.49. The van der Waals surface area contributed by atoms with Gasteiger partial charge < -0.3 is 0 Å². The number of hydrogen-bond donors (Lipinski definition) is 0. The molecule has 0 saturated heterocycles. The first-order valence-electron chi connectivity index (χ1n) is 5.51. The quantitative estimate of drug-likeness (QED) is 0.613. The zero-order valence-corrected chi connectivity index (χ0v) is 11.3. The minimum absolute atomic E-state index is 0.253. The van der Waals surface area contributed by atoms with Crippen molar-refractivity contribution in [3.05, 3.63) is 30.1 Å². The molecule has 1 heterocycles.